The maximum absolute atomic E-state index is 3.63. The molecule has 3 rings (SSSR count). The maximum atomic E-state index is 3.63. The summed E-state index contributed by atoms with van der Waals surface area (Å²) in [6.45, 7) is 2.22. The van der Waals surface area contributed by atoms with E-state index in [1.807, 2.05) is 11.3 Å². The summed E-state index contributed by atoms with van der Waals surface area (Å²) in [6, 6.07) is 19.6. The van der Waals surface area contributed by atoms with E-state index in [1.54, 1.807) is 11.8 Å². The molecule has 1 unspecified atom stereocenters. The minimum absolute atomic E-state index is 0.320. The number of benzene rings is 2. The van der Waals surface area contributed by atoms with E-state index in [0.29, 0.717) is 6.04 Å². The van der Waals surface area contributed by atoms with E-state index in [0.717, 1.165) is 0 Å². The average molecular weight is 299 g/mol. The molecule has 3 aromatic rings. The van der Waals surface area contributed by atoms with Crippen molar-refractivity contribution < 1.29 is 0 Å². The van der Waals surface area contributed by atoms with E-state index in [2.05, 4.69) is 73.1 Å². The summed E-state index contributed by atoms with van der Waals surface area (Å²) in [5.74, 6) is 0. The van der Waals surface area contributed by atoms with E-state index < -0.39 is 0 Å². The van der Waals surface area contributed by atoms with Gasteiger partial charge >= 0.3 is 0 Å². The van der Waals surface area contributed by atoms with Gasteiger partial charge in [-0.1, -0.05) is 30.3 Å². The Morgan fingerprint density at radius 3 is 2.60 bits per heavy atom. The lowest BCUT2D eigenvalue weighted by Gasteiger charge is -2.16. The smallest absolute Gasteiger partial charge is 0.0579 e. The van der Waals surface area contributed by atoms with Crippen molar-refractivity contribution in [2.45, 2.75) is 17.9 Å². The Bertz CT molecular complexity index is 685. The number of rotatable bonds is 4. The van der Waals surface area contributed by atoms with Crippen LogP contribution >= 0.6 is 23.1 Å². The molecular formula is C17H17NS2. The van der Waals surface area contributed by atoms with Crippen molar-refractivity contribution in [3.63, 3.8) is 0 Å². The molecule has 102 valence electrons. The zero-order valence-electron chi connectivity index (χ0n) is 11.6. The highest BCUT2D eigenvalue weighted by Gasteiger charge is 2.10. The summed E-state index contributed by atoms with van der Waals surface area (Å²) in [7, 11) is 0. The minimum Gasteiger partial charge on any atom is -0.377 e. The lowest BCUT2D eigenvalue weighted by Crippen LogP contribution is -2.05. The molecule has 20 heavy (non-hydrogen) atoms. The summed E-state index contributed by atoms with van der Waals surface area (Å²) in [5.41, 5.74) is 1.21. The van der Waals surface area contributed by atoms with Crippen molar-refractivity contribution in [2.75, 3.05) is 11.6 Å². The van der Waals surface area contributed by atoms with E-state index in [1.165, 1.54) is 25.5 Å². The topological polar surface area (TPSA) is 12.0 Å². The maximum Gasteiger partial charge on any atom is 0.0579 e. The molecule has 0 fully saturated rings. The molecule has 3 heteroatoms. The number of thiophene rings is 1. The predicted octanol–water partition coefficient (Wildman–Crippen LogP) is 5.80. The summed E-state index contributed by atoms with van der Waals surface area (Å²) >= 11 is 3.65. The first kappa shape index (κ1) is 13.5. The van der Waals surface area contributed by atoms with E-state index >= 15 is 0 Å². The largest absolute Gasteiger partial charge is 0.377 e. The van der Waals surface area contributed by atoms with Crippen LogP contribution in [0.2, 0.25) is 0 Å². The van der Waals surface area contributed by atoms with Gasteiger partial charge in [0.2, 0.25) is 0 Å². The third-order valence-corrected chi connectivity index (χ3v) is 5.44. The summed E-state index contributed by atoms with van der Waals surface area (Å²) < 4.78 is 1.36. The zero-order valence-corrected chi connectivity index (χ0v) is 13.2. The number of thioether (sulfide) groups is 1. The molecule has 0 bridgehead atoms. The third-order valence-electron chi connectivity index (χ3n) is 3.35. The number of hydrogen-bond acceptors (Lipinski definition) is 3. The van der Waals surface area contributed by atoms with Crippen molar-refractivity contribution in [3.05, 3.63) is 59.5 Å². The number of fused-ring (bicyclic) bond motifs is 1. The Morgan fingerprint density at radius 1 is 1.05 bits per heavy atom. The van der Waals surface area contributed by atoms with Crippen LogP contribution < -0.4 is 5.32 Å². The molecule has 1 N–H and O–H groups in total. The first-order chi connectivity index (χ1) is 9.78. The van der Waals surface area contributed by atoms with Crippen molar-refractivity contribution in [2.24, 2.45) is 0 Å². The second-order valence-electron chi connectivity index (χ2n) is 4.75. The monoisotopic (exact) mass is 299 g/mol. The Morgan fingerprint density at radius 2 is 1.80 bits per heavy atom. The Kier molecular flexibility index (Phi) is 3.99. The van der Waals surface area contributed by atoms with Crippen LogP contribution in [-0.4, -0.2) is 6.26 Å². The highest BCUT2D eigenvalue weighted by molar-refractivity contribution is 7.98. The van der Waals surface area contributed by atoms with Crippen molar-refractivity contribution in [3.8, 4) is 0 Å². The molecule has 0 amide bonds. The standard InChI is InChI=1S/C17H17NS2/c1-12(18-14-8-4-6-10-16(14)19-2)17-11-13-7-3-5-9-15(13)20-17/h3-12,18H,1-2H3. The fourth-order valence-electron chi connectivity index (χ4n) is 2.28. The highest BCUT2D eigenvalue weighted by atomic mass is 32.2. The first-order valence-corrected chi connectivity index (χ1v) is 8.70. The molecule has 0 radical (unpaired) electrons. The summed E-state index contributed by atoms with van der Waals surface area (Å²) in [6.07, 6.45) is 2.12. The van der Waals surface area contributed by atoms with Crippen LogP contribution in [0.5, 0.6) is 0 Å². The number of anilines is 1. The molecule has 0 aliphatic heterocycles. The molecule has 1 heterocycles. The van der Waals surface area contributed by atoms with E-state index in [-0.39, 0.29) is 0 Å². The van der Waals surface area contributed by atoms with Gasteiger partial charge in [0.1, 0.15) is 0 Å². The summed E-state index contributed by atoms with van der Waals surface area (Å²) in [4.78, 5) is 2.67. The fraction of sp³-hybridized carbons (Fsp3) is 0.176. The molecule has 1 aromatic heterocycles. The molecule has 2 aromatic carbocycles. The number of para-hydroxylation sites is 1. The van der Waals surface area contributed by atoms with Crippen LogP contribution in [0.25, 0.3) is 10.1 Å². The average Bonchev–Trinajstić information content (AvgIpc) is 2.92. The normalized spacial score (nSPS) is 12.5. The molecular weight excluding hydrogens is 282 g/mol. The van der Waals surface area contributed by atoms with Gasteiger partial charge in [0.15, 0.2) is 0 Å². The van der Waals surface area contributed by atoms with Gasteiger partial charge in [-0.05, 0) is 42.8 Å². The molecule has 0 saturated carbocycles. The van der Waals surface area contributed by atoms with Gasteiger partial charge in [0, 0.05) is 20.2 Å². The van der Waals surface area contributed by atoms with Gasteiger partial charge in [-0.3, -0.25) is 0 Å². The number of nitrogens with one attached hydrogen (secondary N) is 1. The molecule has 1 atom stereocenters. The zero-order chi connectivity index (χ0) is 13.9. The van der Waals surface area contributed by atoms with Crippen LogP contribution in [0.15, 0.2) is 59.5 Å². The molecule has 0 saturated heterocycles. The second-order valence-corrected chi connectivity index (χ2v) is 6.72. The van der Waals surface area contributed by atoms with Crippen molar-refractivity contribution >= 4 is 38.9 Å². The highest BCUT2D eigenvalue weighted by Crippen LogP contribution is 2.33. The van der Waals surface area contributed by atoms with E-state index in [9.17, 15) is 0 Å². The lowest BCUT2D eigenvalue weighted by molar-refractivity contribution is 0.903. The van der Waals surface area contributed by atoms with Crippen molar-refractivity contribution in [1.29, 1.82) is 0 Å². The van der Waals surface area contributed by atoms with Crippen molar-refractivity contribution in [1.82, 2.24) is 0 Å². The van der Waals surface area contributed by atoms with Crippen LogP contribution in [-0.2, 0) is 0 Å². The summed E-state index contributed by atoms with van der Waals surface area (Å²) in [5, 5.41) is 4.96. The quantitative estimate of drug-likeness (QED) is 0.611. The van der Waals surface area contributed by atoms with Crippen LogP contribution in [0.3, 0.4) is 0 Å². The SMILES string of the molecule is CSc1ccccc1NC(C)c1cc2ccccc2s1. The number of hydrogen-bond donors (Lipinski definition) is 1. The van der Waals surface area contributed by atoms with Gasteiger partial charge in [0.25, 0.3) is 0 Å². The van der Waals surface area contributed by atoms with Gasteiger partial charge in [-0.2, -0.15) is 0 Å². The van der Waals surface area contributed by atoms with Gasteiger partial charge in [0.05, 0.1) is 6.04 Å². The molecule has 0 spiro atoms. The third kappa shape index (κ3) is 2.69. The fourth-order valence-corrected chi connectivity index (χ4v) is 3.91. The van der Waals surface area contributed by atoms with Crippen LogP contribution in [0.1, 0.15) is 17.8 Å². The lowest BCUT2D eigenvalue weighted by atomic mass is 10.2. The van der Waals surface area contributed by atoms with Gasteiger partial charge < -0.3 is 5.32 Å². The molecule has 1 nitrogen and oxygen atoms in total. The molecule has 0 aliphatic carbocycles. The van der Waals surface area contributed by atoms with Crippen LogP contribution in [0.4, 0.5) is 5.69 Å². The van der Waals surface area contributed by atoms with Gasteiger partial charge in [-0.25, -0.2) is 0 Å². The van der Waals surface area contributed by atoms with Gasteiger partial charge in [-0.15, -0.1) is 23.1 Å². The minimum atomic E-state index is 0.320. The Labute approximate surface area is 128 Å². The van der Waals surface area contributed by atoms with E-state index in [4.69, 9.17) is 0 Å². The Balaban J connectivity index is 1.87. The Hall–Kier alpha value is -1.45. The first-order valence-electron chi connectivity index (χ1n) is 6.66. The predicted molar refractivity (Wildman–Crippen MR) is 92.1 cm³/mol. The molecule has 0 aliphatic rings. The second kappa shape index (κ2) is 5.90. The van der Waals surface area contributed by atoms with Crippen LogP contribution in [0, 0.1) is 0 Å².